The topological polar surface area (TPSA) is 104 Å². The van der Waals surface area contributed by atoms with Gasteiger partial charge in [-0.05, 0) is 37.3 Å². The van der Waals surface area contributed by atoms with E-state index in [1.807, 2.05) is 13.0 Å². The van der Waals surface area contributed by atoms with Gasteiger partial charge in [-0.3, -0.25) is 4.79 Å². The Balaban J connectivity index is 2.05. The SMILES string of the molecule is CCn1c(O)c(N=NC(=O)c2cc(OC)c(OC)c(OC)c2)c2cc(OC)ccc21. The van der Waals surface area contributed by atoms with Gasteiger partial charge in [0.25, 0.3) is 5.91 Å². The average Bonchev–Trinajstić information content (AvgIpc) is 3.05. The molecular formula is C21H23N3O6. The van der Waals surface area contributed by atoms with Gasteiger partial charge in [0.05, 0.1) is 39.5 Å². The molecule has 1 amide bonds. The fourth-order valence-electron chi connectivity index (χ4n) is 3.21. The molecule has 0 aliphatic carbocycles. The Bertz CT molecular complexity index is 1090. The summed E-state index contributed by atoms with van der Waals surface area (Å²) in [6.45, 7) is 2.41. The number of rotatable bonds is 7. The van der Waals surface area contributed by atoms with E-state index in [0.717, 1.165) is 5.52 Å². The summed E-state index contributed by atoms with van der Waals surface area (Å²) in [5, 5.41) is 19.1. The number of hydrogen-bond acceptors (Lipinski definition) is 7. The molecule has 158 valence electrons. The summed E-state index contributed by atoms with van der Waals surface area (Å²) in [6, 6.07) is 8.31. The monoisotopic (exact) mass is 413 g/mol. The van der Waals surface area contributed by atoms with E-state index in [1.54, 1.807) is 23.8 Å². The van der Waals surface area contributed by atoms with Crippen molar-refractivity contribution < 1.29 is 28.8 Å². The van der Waals surface area contributed by atoms with Gasteiger partial charge in [0.2, 0.25) is 11.6 Å². The van der Waals surface area contributed by atoms with E-state index in [9.17, 15) is 9.90 Å². The molecule has 3 aromatic rings. The van der Waals surface area contributed by atoms with Gasteiger partial charge in [-0.2, -0.15) is 0 Å². The summed E-state index contributed by atoms with van der Waals surface area (Å²) in [7, 11) is 5.94. The van der Waals surface area contributed by atoms with Crippen LogP contribution >= 0.6 is 0 Å². The van der Waals surface area contributed by atoms with Crippen LogP contribution in [0, 0.1) is 0 Å². The van der Waals surface area contributed by atoms with Crippen LogP contribution in [-0.2, 0) is 6.54 Å². The average molecular weight is 413 g/mol. The molecule has 0 atom stereocenters. The minimum atomic E-state index is -0.631. The number of aromatic hydroxyl groups is 1. The van der Waals surface area contributed by atoms with Crippen LogP contribution in [0.2, 0.25) is 0 Å². The number of aryl methyl sites for hydroxylation is 1. The van der Waals surface area contributed by atoms with E-state index >= 15 is 0 Å². The van der Waals surface area contributed by atoms with Gasteiger partial charge in [-0.25, -0.2) is 0 Å². The van der Waals surface area contributed by atoms with Crippen LogP contribution in [0.1, 0.15) is 17.3 Å². The number of ether oxygens (including phenoxy) is 4. The molecule has 30 heavy (non-hydrogen) atoms. The first-order valence-electron chi connectivity index (χ1n) is 9.14. The predicted molar refractivity (Wildman–Crippen MR) is 111 cm³/mol. The molecule has 2 aromatic carbocycles. The fraction of sp³-hybridized carbons (Fsp3) is 0.286. The van der Waals surface area contributed by atoms with E-state index in [-0.39, 0.29) is 17.1 Å². The minimum absolute atomic E-state index is 0.0813. The molecule has 1 heterocycles. The summed E-state index contributed by atoms with van der Waals surface area (Å²) >= 11 is 0. The number of azo groups is 1. The third kappa shape index (κ3) is 3.61. The quantitative estimate of drug-likeness (QED) is 0.578. The summed E-state index contributed by atoms with van der Waals surface area (Å²) in [6.07, 6.45) is 0. The number of carbonyl (C=O) groups excluding carboxylic acids is 1. The molecule has 0 unspecified atom stereocenters. The van der Waals surface area contributed by atoms with E-state index in [0.29, 0.717) is 34.9 Å². The third-order valence-electron chi connectivity index (χ3n) is 4.69. The maximum absolute atomic E-state index is 12.7. The maximum Gasteiger partial charge on any atom is 0.295 e. The molecule has 0 saturated carbocycles. The molecule has 9 heteroatoms. The lowest BCUT2D eigenvalue weighted by molar-refractivity contribution is 0.0994. The highest BCUT2D eigenvalue weighted by atomic mass is 16.5. The summed E-state index contributed by atoms with van der Waals surface area (Å²) < 4.78 is 22.7. The number of hydrogen-bond donors (Lipinski definition) is 1. The first-order valence-corrected chi connectivity index (χ1v) is 9.14. The standard InChI is InChI=1S/C21H23N3O6/c1-6-24-15-8-7-13(27-2)11-14(15)18(21(24)26)22-23-20(25)12-9-16(28-3)19(30-5)17(10-12)29-4/h7-11,26H,6H2,1-5H3. The Morgan fingerprint density at radius 1 is 1.00 bits per heavy atom. The van der Waals surface area contributed by atoms with Crippen LogP contribution in [0.4, 0.5) is 5.69 Å². The molecule has 0 radical (unpaired) electrons. The van der Waals surface area contributed by atoms with E-state index < -0.39 is 5.91 Å². The lowest BCUT2D eigenvalue weighted by Gasteiger charge is -2.12. The number of benzene rings is 2. The number of amides is 1. The number of carbonyl (C=O) groups is 1. The first-order chi connectivity index (χ1) is 14.5. The van der Waals surface area contributed by atoms with Crippen molar-refractivity contribution in [2.24, 2.45) is 10.2 Å². The molecule has 9 nitrogen and oxygen atoms in total. The van der Waals surface area contributed by atoms with Gasteiger partial charge in [-0.15, -0.1) is 10.2 Å². The second-order valence-electron chi connectivity index (χ2n) is 6.22. The predicted octanol–water partition coefficient (Wildman–Crippen LogP) is 4.33. The Labute approximate surface area is 173 Å². The van der Waals surface area contributed by atoms with Gasteiger partial charge in [0.15, 0.2) is 17.2 Å². The second-order valence-corrected chi connectivity index (χ2v) is 6.22. The smallest absolute Gasteiger partial charge is 0.295 e. The third-order valence-corrected chi connectivity index (χ3v) is 4.69. The van der Waals surface area contributed by atoms with Crippen molar-refractivity contribution in [3.8, 4) is 28.9 Å². The Morgan fingerprint density at radius 2 is 1.67 bits per heavy atom. The van der Waals surface area contributed by atoms with Gasteiger partial charge in [0, 0.05) is 11.9 Å². The van der Waals surface area contributed by atoms with Crippen LogP contribution in [0.15, 0.2) is 40.6 Å². The molecule has 0 aliphatic rings. The van der Waals surface area contributed by atoms with Crippen LogP contribution in [-0.4, -0.2) is 44.0 Å². The molecular weight excluding hydrogens is 390 g/mol. The highest BCUT2D eigenvalue weighted by Gasteiger charge is 2.19. The van der Waals surface area contributed by atoms with E-state index in [2.05, 4.69) is 10.2 Å². The maximum atomic E-state index is 12.7. The van der Waals surface area contributed by atoms with Crippen molar-refractivity contribution in [2.75, 3.05) is 28.4 Å². The van der Waals surface area contributed by atoms with Crippen molar-refractivity contribution in [1.29, 1.82) is 0 Å². The van der Waals surface area contributed by atoms with Crippen molar-refractivity contribution in [3.63, 3.8) is 0 Å². The van der Waals surface area contributed by atoms with Gasteiger partial charge in [-0.1, -0.05) is 0 Å². The largest absolute Gasteiger partial charge is 0.497 e. The highest BCUT2D eigenvalue weighted by Crippen LogP contribution is 2.41. The van der Waals surface area contributed by atoms with Crippen LogP contribution in [0.25, 0.3) is 10.9 Å². The van der Waals surface area contributed by atoms with Crippen LogP contribution in [0.5, 0.6) is 28.9 Å². The van der Waals surface area contributed by atoms with Gasteiger partial charge in [0.1, 0.15) is 5.75 Å². The van der Waals surface area contributed by atoms with Crippen LogP contribution < -0.4 is 18.9 Å². The molecule has 0 saturated heterocycles. The normalized spacial score (nSPS) is 11.1. The summed E-state index contributed by atoms with van der Waals surface area (Å²) in [4.78, 5) is 12.7. The Hall–Kier alpha value is -3.75. The van der Waals surface area contributed by atoms with Crippen molar-refractivity contribution in [3.05, 3.63) is 35.9 Å². The molecule has 0 fully saturated rings. The van der Waals surface area contributed by atoms with Crippen molar-refractivity contribution >= 4 is 22.5 Å². The molecule has 0 spiro atoms. The lowest BCUT2D eigenvalue weighted by Crippen LogP contribution is -2.00. The van der Waals surface area contributed by atoms with Crippen molar-refractivity contribution in [2.45, 2.75) is 13.5 Å². The minimum Gasteiger partial charge on any atom is -0.497 e. The molecule has 1 aromatic heterocycles. The zero-order valence-corrected chi connectivity index (χ0v) is 17.4. The summed E-state index contributed by atoms with van der Waals surface area (Å²) in [5.74, 6) is 0.902. The highest BCUT2D eigenvalue weighted by molar-refractivity contribution is 5.98. The zero-order chi connectivity index (χ0) is 21.8. The number of aromatic nitrogens is 1. The molecule has 3 rings (SSSR count). The molecule has 0 bridgehead atoms. The van der Waals surface area contributed by atoms with E-state index in [1.165, 1.54) is 33.5 Å². The number of methoxy groups -OCH3 is 4. The second kappa shape index (κ2) is 8.73. The van der Waals surface area contributed by atoms with E-state index in [4.69, 9.17) is 18.9 Å². The number of nitrogens with zero attached hydrogens (tertiary/aromatic N) is 3. The van der Waals surface area contributed by atoms with Crippen molar-refractivity contribution in [1.82, 2.24) is 4.57 Å². The summed E-state index contributed by atoms with van der Waals surface area (Å²) in [5.41, 5.74) is 1.14. The first kappa shape index (κ1) is 21.0. The van der Waals surface area contributed by atoms with Gasteiger partial charge < -0.3 is 28.6 Å². The Kier molecular flexibility index (Phi) is 6.10. The number of fused-ring (bicyclic) bond motifs is 1. The van der Waals surface area contributed by atoms with Crippen LogP contribution in [0.3, 0.4) is 0 Å². The molecule has 0 aliphatic heterocycles. The van der Waals surface area contributed by atoms with Gasteiger partial charge >= 0.3 is 0 Å². The Morgan fingerprint density at radius 3 is 2.20 bits per heavy atom. The fourth-order valence-corrected chi connectivity index (χ4v) is 3.21. The zero-order valence-electron chi connectivity index (χ0n) is 17.4. The lowest BCUT2D eigenvalue weighted by atomic mass is 10.1. The molecule has 1 N–H and O–H groups in total.